The van der Waals surface area contributed by atoms with E-state index in [2.05, 4.69) is 0 Å². The summed E-state index contributed by atoms with van der Waals surface area (Å²) < 4.78 is 0. The van der Waals surface area contributed by atoms with Crippen LogP contribution in [0.25, 0.3) is 0 Å². The maximum atomic E-state index is 12.5. The third-order valence-electron chi connectivity index (χ3n) is 5.07. The third-order valence-corrected chi connectivity index (χ3v) is 5.07. The number of hydrogen-bond acceptors (Lipinski definition) is 3. The smallest absolute Gasteiger partial charge is 0.225 e. The van der Waals surface area contributed by atoms with Gasteiger partial charge in [0.15, 0.2) is 0 Å². The van der Waals surface area contributed by atoms with E-state index in [1.54, 1.807) is 0 Å². The lowest BCUT2D eigenvalue weighted by Gasteiger charge is -2.38. The first-order valence-electron chi connectivity index (χ1n) is 7.78. The van der Waals surface area contributed by atoms with Crippen LogP contribution in [0, 0.1) is 11.8 Å². The fourth-order valence-corrected chi connectivity index (χ4v) is 3.64. The first-order valence-corrected chi connectivity index (χ1v) is 7.78. The van der Waals surface area contributed by atoms with E-state index in [1.165, 1.54) is 0 Å². The van der Waals surface area contributed by atoms with E-state index in [0.717, 1.165) is 57.9 Å². The van der Waals surface area contributed by atoms with Crippen LogP contribution in [0.5, 0.6) is 0 Å². The van der Waals surface area contributed by atoms with E-state index in [9.17, 15) is 9.90 Å². The molecule has 0 heterocycles. The lowest BCUT2D eigenvalue weighted by molar-refractivity contribution is -0.141. The number of carbonyl (C=O) groups excluding carboxylic acids is 1. The second kappa shape index (κ2) is 6.71. The minimum absolute atomic E-state index is 0.0356. The number of carbonyl (C=O) groups is 1. The second-order valence-corrected chi connectivity index (χ2v) is 6.32. The molecule has 0 aromatic carbocycles. The summed E-state index contributed by atoms with van der Waals surface area (Å²) in [5.74, 6) is 0.998. The molecule has 0 aromatic rings. The van der Waals surface area contributed by atoms with Crippen LogP contribution in [0.3, 0.4) is 0 Å². The zero-order valence-electron chi connectivity index (χ0n) is 12.1. The molecule has 0 aliphatic heterocycles. The molecule has 0 spiro atoms. The van der Waals surface area contributed by atoms with E-state index >= 15 is 0 Å². The van der Waals surface area contributed by atoms with Crippen LogP contribution in [-0.4, -0.2) is 41.7 Å². The molecule has 110 valence electrons. The number of aliphatic hydroxyl groups is 1. The molecule has 4 nitrogen and oxygen atoms in total. The van der Waals surface area contributed by atoms with Crippen molar-refractivity contribution in [3.63, 3.8) is 0 Å². The summed E-state index contributed by atoms with van der Waals surface area (Å²) in [5.41, 5.74) is 5.69. The number of likely N-dealkylation sites (N-methyl/N-ethyl adjacent to an activating group) is 1. The minimum atomic E-state index is -0.330. The van der Waals surface area contributed by atoms with Crippen LogP contribution in [0.1, 0.15) is 51.4 Å². The molecule has 2 aliphatic carbocycles. The van der Waals surface area contributed by atoms with Gasteiger partial charge in [-0.2, -0.15) is 0 Å². The SMILES string of the molecule is CN(C(=O)C1CCC(CN)CC1)C1CCCCC1O. The normalized spacial score (nSPS) is 35.9. The Kier molecular flexibility index (Phi) is 5.22. The molecule has 2 saturated carbocycles. The van der Waals surface area contributed by atoms with Crippen molar-refractivity contribution in [2.24, 2.45) is 17.6 Å². The van der Waals surface area contributed by atoms with Gasteiger partial charge in [-0.05, 0) is 51.0 Å². The molecule has 0 aromatic heterocycles. The molecule has 0 radical (unpaired) electrons. The van der Waals surface area contributed by atoms with Crippen molar-refractivity contribution < 1.29 is 9.90 Å². The van der Waals surface area contributed by atoms with Crippen LogP contribution in [0.4, 0.5) is 0 Å². The highest BCUT2D eigenvalue weighted by molar-refractivity contribution is 5.79. The highest BCUT2D eigenvalue weighted by Crippen LogP contribution is 2.31. The summed E-state index contributed by atoms with van der Waals surface area (Å²) in [6.07, 6.45) is 7.75. The lowest BCUT2D eigenvalue weighted by Crippen LogP contribution is -2.48. The van der Waals surface area contributed by atoms with Crippen LogP contribution in [0.15, 0.2) is 0 Å². The van der Waals surface area contributed by atoms with E-state index < -0.39 is 0 Å². The number of aliphatic hydroxyl groups excluding tert-OH is 1. The largest absolute Gasteiger partial charge is 0.391 e. The van der Waals surface area contributed by atoms with Crippen molar-refractivity contribution in [3.05, 3.63) is 0 Å². The topological polar surface area (TPSA) is 66.6 Å². The summed E-state index contributed by atoms with van der Waals surface area (Å²) in [4.78, 5) is 14.4. The monoisotopic (exact) mass is 268 g/mol. The van der Waals surface area contributed by atoms with E-state index in [-0.39, 0.29) is 24.0 Å². The summed E-state index contributed by atoms with van der Waals surface area (Å²) in [7, 11) is 1.87. The van der Waals surface area contributed by atoms with Crippen molar-refractivity contribution >= 4 is 5.91 Å². The fraction of sp³-hybridized carbons (Fsp3) is 0.933. The Hall–Kier alpha value is -0.610. The summed E-state index contributed by atoms with van der Waals surface area (Å²) in [6, 6.07) is 0.0356. The van der Waals surface area contributed by atoms with Gasteiger partial charge in [0.2, 0.25) is 5.91 Å². The summed E-state index contributed by atoms with van der Waals surface area (Å²) >= 11 is 0. The quantitative estimate of drug-likeness (QED) is 0.815. The fourth-order valence-electron chi connectivity index (χ4n) is 3.64. The Labute approximate surface area is 116 Å². The van der Waals surface area contributed by atoms with Gasteiger partial charge in [-0.25, -0.2) is 0 Å². The minimum Gasteiger partial charge on any atom is -0.391 e. The molecule has 4 heteroatoms. The number of rotatable bonds is 3. The van der Waals surface area contributed by atoms with Crippen LogP contribution < -0.4 is 5.73 Å². The Morgan fingerprint density at radius 1 is 1.16 bits per heavy atom. The van der Waals surface area contributed by atoms with Crippen molar-refractivity contribution in [1.29, 1.82) is 0 Å². The molecule has 0 saturated heterocycles. The van der Waals surface area contributed by atoms with Gasteiger partial charge >= 0.3 is 0 Å². The summed E-state index contributed by atoms with van der Waals surface area (Å²) in [6.45, 7) is 0.748. The molecule has 1 amide bonds. The predicted molar refractivity (Wildman–Crippen MR) is 75.5 cm³/mol. The Morgan fingerprint density at radius 3 is 2.37 bits per heavy atom. The standard InChI is InChI=1S/C15H28N2O2/c1-17(13-4-2-3-5-14(13)18)15(19)12-8-6-11(10-16)7-9-12/h11-14,18H,2-10,16H2,1H3. The van der Waals surface area contributed by atoms with Gasteiger partial charge in [0.05, 0.1) is 12.1 Å². The van der Waals surface area contributed by atoms with Gasteiger partial charge < -0.3 is 15.7 Å². The second-order valence-electron chi connectivity index (χ2n) is 6.32. The zero-order valence-corrected chi connectivity index (χ0v) is 12.1. The number of amides is 1. The van der Waals surface area contributed by atoms with Gasteiger partial charge in [-0.3, -0.25) is 4.79 Å². The molecule has 2 aliphatic rings. The predicted octanol–water partition coefficient (Wildman–Crippen LogP) is 1.51. The average molecular weight is 268 g/mol. The molecule has 2 fully saturated rings. The van der Waals surface area contributed by atoms with Crippen molar-refractivity contribution in [2.75, 3.05) is 13.6 Å². The number of hydrogen-bond donors (Lipinski definition) is 2. The molecule has 0 bridgehead atoms. The Balaban J connectivity index is 1.88. The molecule has 2 rings (SSSR count). The zero-order chi connectivity index (χ0) is 13.8. The van der Waals surface area contributed by atoms with Gasteiger partial charge in [0.1, 0.15) is 0 Å². The Bertz CT molecular complexity index is 301. The molecular weight excluding hydrogens is 240 g/mol. The first kappa shape index (κ1) is 14.8. The van der Waals surface area contributed by atoms with E-state index in [0.29, 0.717) is 5.92 Å². The molecule has 2 unspecified atom stereocenters. The maximum Gasteiger partial charge on any atom is 0.225 e. The van der Waals surface area contributed by atoms with Gasteiger partial charge in [-0.15, -0.1) is 0 Å². The van der Waals surface area contributed by atoms with Gasteiger partial charge in [-0.1, -0.05) is 12.8 Å². The Morgan fingerprint density at radius 2 is 1.79 bits per heavy atom. The van der Waals surface area contributed by atoms with Crippen LogP contribution >= 0.6 is 0 Å². The highest BCUT2D eigenvalue weighted by atomic mass is 16.3. The highest BCUT2D eigenvalue weighted by Gasteiger charge is 2.34. The lowest BCUT2D eigenvalue weighted by atomic mass is 9.81. The average Bonchev–Trinajstić information content (AvgIpc) is 2.46. The molecular formula is C15H28N2O2. The molecule has 19 heavy (non-hydrogen) atoms. The van der Waals surface area contributed by atoms with E-state index in [4.69, 9.17) is 5.73 Å². The van der Waals surface area contributed by atoms with Gasteiger partial charge in [0.25, 0.3) is 0 Å². The van der Waals surface area contributed by atoms with Crippen LogP contribution in [0.2, 0.25) is 0 Å². The number of nitrogens with zero attached hydrogens (tertiary/aromatic N) is 1. The van der Waals surface area contributed by atoms with Crippen LogP contribution in [-0.2, 0) is 4.79 Å². The first-order chi connectivity index (χ1) is 9.13. The number of nitrogens with two attached hydrogens (primary N) is 1. The van der Waals surface area contributed by atoms with Gasteiger partial charge in [0, 0.05) is 13.0 Å². The maximum absolute atomic E-state index is 12.5. The van der Waals surface area contributed by atoms with Crippen molar-refractivity contribution in [2.45, 2.75) is 63.5 Å². The van der Waals surface area contributed by atoms with Crippen molar-refractivity contribution in [1.82, 2.24) is 4.90 Å². The summed E-state index contributed by atoms with van der Waals surface area (Å²) in [5, 5.41) is 10.1. The molecule has 3 N–H and O–H groups in total. The third kappa shape index (κ3) is 3.48. The van der Waals surface area contributed by atoms with Crippen molar-refractivity contribution in [3.8, 4) is 0 Å². The van der Waals surface area contributed by atoms with E-state index in [1.807, 2.05) is 11.9 Å². The molecule has 2 atom stereocenters.